The second kappa shape index (κ2) is 5.03. The molecule has 0 aliphatic rings. The predicted octanol–water partition coefficient (Wildman–Crippen LogP) is 3.27. The smallest absolute Gasteiger partial charge is 0.0497 e. The van der Waals surface area contributed by atoms with Crippen LogP contribution in [0.4, 0.5) is 0 Å². The molecule has 0 amide bonds. The zero-order valence-corrected chi connectivity index (χ0v) is 10.2. The quantitative estimate of drug-likeness (QED) is 0.843. The van der Waals surface area contributed by atoms with E-state index in [2.05, 4.69) is 40.4 Å². The van der Waals surface area contributed by atoms with Gasteiger partial charge in [0.1, 0.15) is 0 Å². The molecule has 0 aliphatic heterocycles. The molecule has 0 aromatic heterocycles. The fourth-order valence-electron chi connectivity index (χ4n) is 1.09. The molecule has 0 aliphatic carbocycles. The molecule has 0 saturated heterocycles. The van der Waals surface area contributed by atoms with Crippen LogP contribution in [0.25, 0.3) is 0 Å². The molecule has 1 unspecified atom stereocenters. The Bertz CT molecular complexity index is 288. The van der Waals surface area contributed by atoms with Crippen LogP contribution >= 0.6 is 27.7 Å². The van der Waals surface area contributed by atoms with E-state index >= 15 is 0 Å². The summed E-state index contributed by atoms with van der Waals surface area (Å²) in [6.07, 6.45) is 2.05. The fraction of sp³-hybridized carbons (Fsp3) is 0.400. The number of rotatable bonds is 3. The van der Waals surface area contributed by atoms with Crippen LogP contribution in [0, 0.1) is 0 Å². The average Bonchev–Trinajstić information content (AvgIpc) is 2.16. The molecule has 0 saturated carbocycles. The summed E-state index contributed by atoms with van der Waals surface area (Å²) in [5.74, 6) is 0.215. The van der Waals surface area contributed by atoms with E-state index in [4.69, 9.17) is 5.11 Å². The highest BCUT2D eigenvalue weighted by molar-refractivity contribution is 9.10. The Hall–Kier alpha value is 0.01000. The van der Waals surface area contributed by atoms with E-state index in [9.17, 15) is 0 Å². The van der Waals surface area contributed by atoms with E-state index in [1.807, 2.05) is 6.92 Å². The maximum absolute atomic E-state index is 8.99. The Morgan fingerprint density at radius 1 is 1.54 bits per heavy atom. The van der Waals surface area contributed by atoms with E-state index in [0.29, 0.717) is 0 Å². The van der Waals surface area contributed by atoms with Crippen LogP contribution in [-0.4, -0.2) is 18.0 Å². The maximum Gasteiger partial charge on any atom is 0.0497 e. The fourth-order valence-corrected chi connectivity index (χ4v) is 2.43. The average molecular weight is 261 g/mol. The number of aliphatic hydroxyl groups excluding tert-OH is 1. The van der Waals surface area contributed by atoms with Crippen LogP contribution in [-0.2, 0) is 0 Å². The molecule has 1 atom stereocenters. The molecule has 0 radical (unpaired) electrons. The normalized spacial score (nSPS) is 12.9. The van der Waals surface area contributed by atoms with Crippen molar-refractivity contribution in [1.82, 2.24) is 0 Å². The first-order chi connectivity index (χ1) is 6.19. The molecular weight excluding hydrogens is 248 g/mol. The van der Waals surface area contributed by atoms with Gasteiger partial charge in [-0.15, -0.1) is 11.8 Å². The van der Waals surface area contributed by atoms with E-state index in [1.54, 1.807) is 11.8 Å². The van der Waals surface area contributed by atoms with Crippen LogP contribution in [0.3, 0.4) is 0 Å². The molecule has 1 aromatic carbocycles. The SMILES string of the molecule is CSc1ccc(C(C)CO)cc1Br. The van der Waals surface area contributed by atoms with Crippen LogP contribution < -0.4 is 0 Å². The minimum absolute atomic E-state index is 0.199. The molecule has 0 fully saturated rings. The zero-order chi connectivity index (χ0) is 9.84. The Morgan fingerprint density at radius 2 is 2.23 bits per heavy atom. The third kappa shape index (κ3) is 2.73. The lowest BCUT2D eigenvalue weighted by Gasteiger charge is -2.10. The van der Waals surface area contributed by atoms with Crippen molar-refractivity contribution >= 4 is 27.7 Å². The van der Waals surface area contributed by atoms with Gasteiger partial charge < -0.3 is 5.11 Å². The summed E-state index contributed by atoms with van der Waals surface area (Å²) in [5.41, 5.74) is 1.17. The summed E-state index contributed by atoms with van der Waals surface area (Å²) >= 11 is 5.22. The standard InChI is InChI=1S/C10H13BrOS/c1-7(6-12)8-3-4-10(13-2)9(11)5-8/h3-5,7,12H,6H2,1-2H3. The van der Waals surface area contributed by atoms with Gasteiger partial charge in [0.15, 0.2) is 0 Å². The highest BCUT2D eigenvalue weighted by Gasteiger charge is 2.06. The number of hydrogen-bond acceptors (Lipinski definition) is 2. The van der Waals surface area contributed by atoms with Crippen molar-refractivity contribution in [2.75, 3.05) is 12.9 Å². The number of benzene rings is 1. The van der Waals surface area contributed by atoms with Gasteiger partial charge in [0.25, 0.3) is 0 Å². The summed E-state index contributed by atoms with van der Waals surface area (Å²) in [6, 6.07) is 6.22. The molecule has 1 rings (SSSR count). The molecule has 1 nitrogen and oxygen atoms in total. The van der Waals surface area contributed by atoms with Gasteiger partial charge in [-0.1, -0.05) is 13.0 Å². The Kier molecular flexibility index (Phi) is 4.29. The molecule has 13 heavy (non-hydrogen) atoms. The minimum atomic E-state index is 0.199. The molecule has 0 bridgehead atoms. The lowest BCUT2D eigenvalue weighted by Crippen LogP contribution is -1.98. The van der Waals surface area contributed by atoms with Gasteiger partial charge in [-0.3, -0.25) is 0 Å². The summed E-state index contributed by atoms with van der Waals surface area (Å²) in [7, 11) is 0. The molecule has 3 heteroatoms. The van der Waals surface area contributed by atoms with Crippen molar-refractivity contribution in [3.8, 4) is 0 Å². The molecule has 0 spiro atoms. The summed E-state index contributed by atoms with van der Waals surface area (Å²) in [4.78, 5) is 1.23. The highest BCUT2D eigenvalue weighted by Crippen LogP contribution is 2.28. The van der Waals surface area contributed by atoms with Crippen molar-refractivity contribution in [3.63, 3.8) is 0 Å². The van der Waals surface area contributed by atoms with Gasteiger partial charge in [-0.05, 0) is 39.9 Å². The minimum Gasteiger partial charge on any atom is -0.396 e. The van der Waals surface area contributed by atoms with Crippen molar-refractivity contribution < 1.29 is 5.11 Å². The lowest BCUT2D eigenvalue weighted by molar-refractivity contribution is 0.273. The predicted molar refractivity (Wildman–Crippen MR) is 61.4 cm³/mol. The largest absolute Gasteiger partial charge is 0.396 e. The first-order valence-electron chi connectivity index (χ1n) is 4.13. The number of hydrogen-bond donors (Lipinski definition) is 1. The second-order valence-corrected chi connectivity index (χ2v) is 4.68. The Labute approximate surface area is 91.7 Å². The molecule has 1 N–H and O–H groups in total. The topological polar surface area (TPSA) is 20.2 Å². The number of thioether (sulfide) groups is 1. The van der Waals surface area contributed by atoms with Crippen molar-refractivity contribution in [3.05, 3.63) is 28.2 Å². The second-order valence-electron chi connectivity index (χ2n) is 2.98. The van der Waals surface area contributed by atoms with Crippen molar-refractivity contribution in [2.45, 2.75) is 17.7 Å². The maximum atomic E-state index is 8.99. The van der Waals surface area contributed by atoms with Gasteiger partial charge in [0.2, 0.25) is 0 Å². The summed E-state index contributed by atoms with van der Waals surface area (Å²) in [5, 5.41) is 8.99. The van der Waals surface area contributed by atoms with Gasteiger partial charge in [-0.25, -0.2) is 0 Å². The van der Waals surface area contributed by atoms with Gasteiger partial charge in [0, 0.05) is 21.9 Å². The van der Waals surface area contributed by atoms with Crippen LogP contribution in [0.5, 0.6) is 0 Å². The van der Waals surface area contributed by atoms with Gasteiger partial charge in [0.05, 0.1) is 0 Å². The molecule has 0 heterocycles. The first-order valence-corrected chi connectivity index (χ1v) is 6.15. The van der Waals surface area contributed by atoms with E-state index < -0.39 is 0 Å². The Balaban J connectivity index is 2.95. The van der Waals surface area contributed by atoms with Crippen LogP contribution in [0.1, 0.15) is 18.4 Å². The zero-order valence-electron chi connectivity index (χ0n) is 7.75. The lowest BCUT2D eigenvalue weighted by atomic mass is 10.0. The third-order valence-corrected chi connectivity index (χ3v) is 3.73. The first kappa shape index (κ1) is 11.1. The molecule has 1 aromatic rings. The Morgan fingerprint density at radius 3 is 2.69 bits per heavy atom. The van der Waals surface area contributed by atoms with E-state index in [1.165, 1.54) is 10.5 Å². The van der Waals surface area contributed by atoms with Gasteiger partial charge in [-0.2, -0.15) is 0 Å². The molecule has 72 valence electrons. The number of halogens is 1. The summed E-state index contributed by atoms with van der Waals surface area (Å²) < 4.78 is 1.11. The van der Waals surface area contributed by atoms with Crippen molar-refractivity contribution in [2.24, 2.45) is 0 Å². The monoisotopic (exact) mass is 260 g/mol. The van der Waals surface area contributed by atoms with Gasteiger partial charge >= 0.3 is 0 Å². The molecular formula is C10H13BrOS. The van der Waals surface area contributed by atoms with E-state index in [-0.39, 0.29) is 12.5 Å². The van der Waals surface area contributed by atoms with E-state index in [0.717, 1.165) is 4.47 Å². The third-order valence-electron chi connectivity index (χ3n) is 2.02. The van der Waals surface area contributed by atoms with Crippen LogP contribution in [0.15, 0.2) is 27.6 Å². The summed E-state index contributed by atoms with van der Waals surface area (Å²) in [6.45, 7) is 2.21. The highest BCUT2D eigenvalue weighted by atomic mass is 79.9. The van der Waals surface area contributed by atoms with Crippen LogP contribution in [0.2, 0.25) is 0 Å². The van der Waals surface area contributed by atoms with Crippen molar-refractivity contribution in [1.29, 1.82) is 0 Å². The number of aliphatic hydroxyl groups is 1.